The predicted molar refractivity (Wildman–Crippen MR) is 163 cm³/mol. The normalized spacial score (nSPS) is 38.4. The third kappa shape index (κ3) is 6.94. The first-order valence-corrected chi connectivity index (χ1v) is 16.8. The molecular weight excluding hydrogens is 566 g/mol. The number of hydrogen-bond donors (Lipinski definition) is 4. The molecule has 4 rings (SSSR count). The summed E-state index contributed by atoms with van der Waals surface area (Å²) in [6.45, 7) is 7.34. The van der Waals surface area contributed by atoms with Crippen LogP contribution in [0.5, 0.6) is 0 Å². The molecule has 11 nitrogen and oxygen atoms in total. The number of nitrogens with two attached hydrogens (primary N) is 3. The molecule has 0 amide bonds. The van der Waals surface area contributed by atoms with E-state index < -0.39 is 11.4 Å². The van der Waals surface area contributed by atoms with Crippen molar-refractivity contribution in [3.8, 4) is 0 Å². The van der Waals surface area contributed by atoms with E-state index in [2.05, 4.69) is 20.8 Å². The Morgan fingerprint density at radius 3 is 2.02 bits per heavy atom. The lowest BCUT2D eigenvalue weighted by molar-refractivity contribution is -0.225. The van der Waals surface area contributed by atoms with E-state index >= 15 is 0 Å². The molecule has 0 spiro atoms. The second kappa shape index (κ2) is 14.5. The number of carbonyl (C=O) groups excluding carboxylic acids is 3. The molecule has 0 heterocycles. The van der Waals surface area contributed by atoms with Gasteiger partial charge in [0.15, 0.2) is 0 Å². The third-order valence-electron chi connectivity index (χ3n) is 12.2. The summed E-state index contributed by atoms with van der Waals surface area (Å²) in [7, 11) is 0. The average Bonchev–Trinajstić information content (AvgIpc) is 3.31. The number of carboxylic acids is 1. The van der Waals surface area contributed by atoms with Crippen molar-refractivity contribution in [3.63, 3.8) is 0 Å². The number of ether oxygens (including phenoxy) is 3. The summed E-state index contributed by atoms with van der Waals surface area (Å²) in [5, 5.41) is 9.41. The monoisotopic (exact) mass is 621 g/mol. The summed E-state index contributed by atoms with van der Waals surface area (Å²) in [6, 6.07) is 0. The largest absolute Gasteiger partial charge is 0.481 e. The highest BCUT2D eigenvalue weighted by Gasteiger charge is 2.67. The summed E-state index contributed by atoms with van der Waals surface area (Å²) >= 11 is 0. The fraction of sp³-hybridized carbons (Fsp3) is 0.879. The highest BCUT2D eigenvalue weighted by atomic mass is 16.6. The van der Waals surface area contributed by atoms with Crippen molar-refractivity contribution in [3.05, 3.63) is 0 Å². The van der Waals surface area contributed by atoms with Gasteiger partial charge in [-0.3, -0.25) is 19.2 Å². The molecule has 250 valence electrons. The van der Waals surface area contributed by atoms with Gasteiger partial charge in [-0.25, -0.2) is 0 Å². The first-order chi connectivity index (χ1) is 20.9. The fourth-order valence-electron chi connectivity index (χ4n) is 10.1. The van der Waals surface area contributed by atoms with Crippen molar-refractivity contribution >= 4 is 23.9 Å². The predicted octanol–water partition coefficient (Wildman–Crippen LogP) is 3.15. The van der Waals surface area contributed by atoms with Crippen molar-refractivity contribution in [2.24, 2.45) is 63.5 Å². The molecule has 11 atom stereocenters. The number of carbonyl (C=O) groups is 4. The zero-order valence-electron chi connectivity index (χ0n) is 26.8. The zero-order chi connectivity index (χ0) is 32.2. The lowest BCUT2D eigenvalue weighted by Crippen LogP contribution is -2.63. The number of fused-ring (bicyclic) bond motifs is 5. The molecule has 4 aliphatic carbocycles. The molecule has 44 heavy (non-hydrogen) atoms. The highest BCUT2D eigenvalue weighted by molar-refractivity contribution is 5.70. The van der Waals surface area contributed by atoms with Gasteiger partial charge in [0.1, 0.15) is 18.3 Å². The number of carboxylic acid groups (broad SMARTS) is 1. The van der Waals surface area contributed by atoms with Crippen LogP contribution >= 0.6 is 0 Å². The van der Waals surface area contributed by atoms with Crippen LogP contribution in [-0.4, -0.2) is 66.9 Å². The Labute approximate surface area is 261 Å². The molecule has 4 fully saturated rings. The van der Waals surface area contributed by atoms with E-state index in [-0.39, 0.29) is 122 Å². The molecule has 0 saturated heterocycles. The van der Waals surface area contributed by atoms with Gasteiger partial charge in [-0.15, -0.1) is 0 Å². The van der Waals surface area contributed by atoms with Crippen LogP contribution in [0.2, 0.25) is 0 Å². The number of esters is 3. The van der Waals surface area contributed by atoms with Gasteiger partial charge < -0.3 is 36.5 Å². The van der Waals surface area contributed by atoms with Crippen molar-refractivity contribution < 1.29 is 38.5 Å². The van der Waals surface area contributed by atoms with Crippen LogP contribution in [-0.2, 0) is 33.4 Å². The molecular formula is C33H55N3O8. The van der Waals surface area contributed by atoms with Gasteiger partial charge in [-0.1, -0.05) is 20.8 Å². The summed E-state index contributed by atoms with van der Waals surface area (Å²) in [6.07, 6.45) is 5.65. The molecule has 11 heteroatoms. The maximum atomic E-state index is 13.0. The van der Waals surface area contributed by atoms with E-state index in [1.807, 2.05) is 0 Å². The second-order valence-electron chi connectivity index (χ2n) is 14.4. The van der Waals surface area contributed by atoms with Gasteiger partial charge >= 0.3 is 23.9 Å². The molecule has 0 bridgehead atoms. The van der Waals surface area contributed by atoms with E-state index in [0.29, 0.717) is 25.7 Å². The Hall–Kier alpha value is -2.24. The third-order valence-corrected chi connectivity index (χ3v) is 12.2. The Morgan fingerprint density at radius 2 is 1.41 bits per heavy atom. The van der Waals surface area contributed by atoms with Gasteiger partial charge in [0.2, 0.25) is 0 Å². The number of hydrogen-bond acceptors (Lipinski definition) is 10. The van der Waals surface area contributed by atoms with Crippen LogP contribution in [0.25, 0.3) is 0 Å². The van der Waals surface area contributed by atoms with Crippen LogP contribution in [0.15, 0.2) is 0 Å². The molecule has 0 aromatic heterocycles. The molecule has 0 aromatic rings. The molecule has 0 aromatic carbocycles. The second-order valence-corrected chi connectivity index (χ2v) is 14.4. The van der Waals surface area contributed by atoms with Crippen molar-refractivity contribution in [2.45, 2.75) is 116 Å². The van der Waals surface area contributed by atoms with E-state index in [9.17, 15) is 24.3 Å². The fourth-order valence-corrected chi connectivity index (χ4v) is 10.1. The van der Waals surface area contributed by atoms with Gasteiger partial charge in [0.05, 0.1) is 19.3 Å². The first kappa shape index (κ1) is 34.6. The Bertz CT molecular complexity index is 1060. The van der Waals surface area contributed by atoms with Crippen molar-refractivity contribution in [1.29, 1.82) is 0 Å². The van der Waals surface area contributed by atoms with Gasteiger partial charge in [0, 0.05) is 37.4 Å². The smallest absolute Gasteiger partial charge is 0.307 e. The Kier molecular flexibility index (Phi) is 11.4. The van der Waals surface area contributed by atoms with Crippen LogP contribution in [0.1, 0.15) is 97.8 Å². The number of rotatable bonds is 13. The Morgan fingerprint density at radius 1 is 0.795 bits per heavy atom. The van der Waals surface area contributed by atoms with E-state index in [4.69, 9.17) is 31.4 Å². The lowest BCUT2D eigenvalue weighted by atomic mass is 9.43. The lowest BCUT2D eigenvalue weighted by Gasteiger charge is -2.64. The van der Waals surface area contributed by atoms with E-state index in [0.717, 1.165) is 25.7 Å². The van der Waals surface area contributed by atoms with Crippen LogP contribution in [0.3, 0.4) is 0 Å². The number of aliphatic carboxylic acids is 1. The maximum absolute atomic E-state index is 13.0. The van der Waals surface area contributed by atoms with Crippen LogP contribution < -0.4 is 17.2 Å². The van der Waals surface area contributed by atoms with Crippen LogP contribution in [0.4, 0.5) is 0 Å². The minimum absolute atomic E-state index is 0.0699. The van der Waals surface area contributed by atoms with Gasteiger partial charge in [-0.2, -0.15) is 0 Å². The van der Waals surface area contributed by atoms with Crippen molar-refractivity contribution in [1.82, 2.24) is 0 Å². The maximum Gasteiger partial charge on any atom is 0.307 e. The SMILES string of the molecule is C[C@H](CCC(=O)O)[C@H]1CC[C@H]2C3[C@H](OC(=O)CCN)CC4C[C@H](OC(=O)CCN)CC[C@]4(C)[C@H]3C[C@H](OC(=O)CCN)[C@]12C. The van der Waals surface area contributed by atoms with E-state index in [1.165, 1.54) is 0 Å². The summed E-state index contributed by atoms with van der Waals surface area (Å²) < 4.78 is 18.4. The van der Waals surface area contributed by atoms with Crippen molar-refractivity contribution in [2.75, 3.05) is 19.6 Å². The van der Waals surface area contributed by atoms with E-state index in [1.54, 1.807) is 0 Å². The summed E-state index contributed by atoms with van der Waals surface area (Å²) in [5.41, 5.74) is 16.5. The molecule has 4 aliphatic rings. The molecule has 0 radical (unpaired) electrons. The van der Waals surface area contributed by atoms with Crippen LogP contribution in [0, 0.1) is 46.3 Å². The molecule has 0 aliphatic heterocycles. The first-order valence-electron chi connectivity index (χ1n) is 16.8. The highest BCUT2D eigenvalue weighted by Crippen LogP contribution is 2.69. The quantitative estimate of drug-likeness (QED) is 0.174. The average molecular weight is 622 g/mol. The molecule has 7 N–H and O–H groups in total. The Balaban J connectivity index is 1.71. The standard InChI is InChI=1S/C33H55N3O8/c1-19(4-7-27(37)38)22-5-6-23-31-24(18-26(33(22,23)3)44-30(41)11-15-36)32(2)12-8-21(42-28(39)9-13-34)16-20(32)17-25(31)43-29(40)10-14-35/h19-26,31H,4-18,34-36H2,1-3H3,(H,37,38)/t19-,20?,21-,22-,23+,24+,25-,26+,31?,32+,33-/m1/s1. The minimum atomic E-state index is -0.811. The zero-order valence-corrected chi connectivity index (χ0v) is 26.8. The van der Waals surface area contributed by atoms with Gasteiger partial charge in [-0.05, 0) is 86.4 Å². The molecule has 4 saturated carbocycles. The molecule has 2 unspecified atom stereocenters. The summed E-state index contributed by atoms with van der Waals surface area (Å²) in [4.78, 5) is 49.8. The minimum Gasteiger partial charge on any atom is -0.481 e. The van der Waals surface area contributed by atoms with Gasteiger partial charge in [0.25, 0.3) is 0 Å². The summed E-state index contributed by atoms with van der Waals surface area (Å²) in [5.74, 6) is -0.946. The topological polar surface area (TPSA) is 194 Å².